The number of aryl methyl sites for hydroxylation is 1. The SMILES string of the molecule is CC(C)[C@]1(C)CC(=O)N([C@@H]2CC(C)(C)Oc3ccc(C(=O)N[C@@H]4c5ccccc5CC4(C)O)cc32)C(N)=N1.CCC1(CC)CC(=O)N([C@@H]2CCOc3ccc(C(=O)N[C@@H]4C[C@@H](C)Oc5ccccc54)cc32)C(N)=N1.CCC1(CC)CC(=O)N([C@@H]2CCOc3ccc(C(=O)N[C@@H]4c5ccccc5CC4(C)O)cc32)C(N)=N1.CCC1(CC)CC(=O)N([C@@H]2CCOc3ccc(C(=O)N[C@H]4CC(C)(C)Oc5ccc(C)cc54)cc32)C(N)=N1. The van der Waals surface area contributed by atoms with E-state index in [1.54, 1.807) is 88.0 Å². The van der Waals surface area contributed by atoms with Crippen molar-refractivity contribution < 1.29 is 77.0 Å². The van der Waals surface area contributed by atoms with Crippen molar-refractivity contribution in [2.24, 2.45) is 48.8 Å². The summed E-state index contributed by atoms with van der Waals surface area (Å²) in [6.07, 6.45) is 10.2. The standard InChI is InChI=1S/2C30H38N4O4.2C28H34N4O4/c1-17(2)29(5)16-24(35)34(27(31)33-29)22-15-28(3,4)38-23-12-11-18(13-21(22)23)26(36)32-25-20-10-8-7-9-19(20)14-30(25,6)37;1-6-30(7-2)17-26(35)34(28(31)33-30)23-12-13-37-24-11-9-19(15-21(23)24)27(36)32-22-16-29(4,5)38-25-10-8-18(3)14-20(22)25;1-4-28(5-2)16-23(33)32(26(29)31-28)21-12-13-36-22-11-10-17(14-20(21)22)25(34)30-24-19-9-7-6-8-18(19)15-27(24,3)35;1-4-28(5-2)16-25(33)32(27(29)31-28)22-12-13-35-23-11-10-18(15-20(22)23)26(34)30-21-14-17(3)36-24-9-7-6-8-19(21)24/h7-13,17,22,25,37H,14-16H2,1-6H3,(H2,31,33)(H,32,36);8-11,14-15,22-23H,6-7,12-13,16-17H2,1-5H3,(H2,31,33)(H,32,36);6-11,14,21,24,35H,4-5,12-13,15-16H2,1-3H3,(H2,29,31)(H,30,34);6-11,15,17,21-22H,4-5,12-14,16H2,1-3H3,(H2,29,31)(H,30,34)/t22-,25-,29+,30?;22-,23+;21-,24-,27?;17-,21-,22-/m1011/s1. The average molecular weight is 2020 g/mol. The van der Waals surface area contributed by atoms with E-state index in [0.717, 1.165) is 111 Å². The Morgan fingerprint density at radius 1 is 0.385 bits per heavy atom. The van der Waals surface area contributed by atoms with Gasteiger partial charge < -0.3 is 82.8 Å². The molecule has 0 saturated heterocycles. The summed E-state index contributed by atoms with van der Waals surface area (Å²) in [4.78, 5) is 133. The number of amides is 8. The summed E-state index contributed by atoms with van der Waals surface area (Å²) in [5, 5.41) is 34.6. The van der Waals surface area contributed by atoms with E-state index in [2.05, 4.69) is 27.3 Å². The second-order valence-corrected chi connectivity index (χ2v) is 44.1. The van der Waals surface area contributed by atoms with E-state index >= 15 is 0 Å². The van der Waals surface area contributed by atoms with Crippen LogP contribution < -0.4 is 72.6 Å². The zero-order valence-corrected chi connectivity index (χ0v) is 88.2. The first-order valence-electron chi connectivity index (χ1n) is 52.5. The fraction of sp³-hybridized carbons (Fsp3) is 0.483. The molecule has 0 bridgehead atoms. The van der Waals surface area contributed by atoms with Gasteiger partial charge >= 0.3 is 0 Å². The number of aliphatic hydroxyl groups is 2. The number of hydrogen-bond donors (Lipinski definition) is 10. The number of rotatable bonds is 19. The predicted octanol–water partition coefficient (Wildman–Crippen LogP) is 16.6. The zero-order chi connectivity index (χ0) is 106. The minimum atomic E-state index is -1.10. The maximum absolute atomic E-state index is 13.6. The first kappa shape index (κ1) is 105. The van der Waals surface area contributed by atoms with Crippen LogP contribution in [0.1, 0.15) is 364 Å². The number of nitrogens with two attached hydrogens (primary N) is 4. The van der Waals surface area contributed by atoms with Crippen LogP contribution in [-0.2, 0) is 32.0 Å². The number of para-hydroxylation sites is 1. The van der Waals surface area contributed by atoms with E-state index in [9.17, 15) is 48.6 Å². The third-order valence-electron chi connectivity index (χ3n) is 32.5. The van der Waals surface area contributed by atoms with Crippen molar-refractivity contribution in [1.29, 1.82) is 0 Å². The Hall–Kier alpha value is -13.9. The first-order valence-corrected chi connectivity index (χ1v) is 52.5. The summed E-state index contributed by atoms with van der Waals surface area (Å²) in [6.45, 7) is 35.1. The summed E-state index contributed by atoms with van der Waals surface area (Å²) in [6, 6.07) is 47.9. The van der Waals surface area contributed by atoms with Crippen LogP contribution in [0, 0.1) is 12.8 Å². The molecule has 0 radical (unpaired) electrons. The Morgan fingerprint density at radius 2 is 0.723 bits per heavy atom. The lowest BCUT2D eigenvalue weighted by molar-refractivity contribution is -0.133. The van der Waals surface area contributed by atoms with Crippen molar-refractivity contribution in [3.05, 3.63) is 247 Å². The van der Waals surface area contributed by atoms with Crippen LogP contribution >= 0.6 is 0 Å². The molecule has 10 heterocycles. The van der Waals surface area contributed by atoms with Crippen molar-refractivity contribution in [3.8, 4) is 34.5 Å². The average Bonchev–Trinajstić information content (AvgIpc) is 0.997. The van der Waals surface area contributed by atoms with E-state index in [4.69, 9.17) is 71.3 Å². The molecule has 2 aliphatic carbocycles. The molecule has 0 spiro atoms. The highest BCUT2D eigenvalue weighted by molar-refractivity contribution is 6.04. The topological polar surface area (TPSA) is 447 Å². The minimum absolute atomic E-state index is 0.00255. The van der Waals surface area contributed by atoms with Crippen LogP contribution in [0.25, 0.3) is 0 Å². The van der Waals surface area contributed by atoms with Gasteiger partial charge in [-0.15, -0.1) is 0 Å². The smallest absolute Gasteiger partial charge is 0.251 e. The second kappa shape index (κ2) is 41.3. The number of nitrogens with one attached hydrogen (secondary N) is 4. The molecule has 8 amide bonds. The third kappa shape index (κ3) is 21.1. The zero-order valence-electron chi connectivity index (χ0n) is 88.2. The van der Waals surface area contributed by atoms with Gasteiger partial charge in [0.1, 0.15) is 45.7 Å². The monoisotopic (exact) mass is 2020 g/mol. The Bertz CT molecular complexity index is 6630. The number of benzene rings is 8. The Labute approximate surface area is 866 Å². The van der Waals surface area contributed by atoms with Gasteiger partial charge in [-0.25, -0.2) is 20.0 Å². The van der Waals surface area contributed by atoms with Crippen LogP contribution in [-0.4, -0.2) is 171 Å². The van der Waals surface area contributed by atoms with E-state index in [0.29, 0.717) is 136 Å². The van der Waals surface area contributed by atoms with Gasteiger partial charge in [-0.1, -0.05) is 140 Å². The highest BCUT2D eigenvalue weighted by Gasteiger charge is 2.52. The molecule has 20 rings (SSSR count). The second-order valence-electron chi connectivity index (χ2n) is 44.1. The summed E-state index contributed by atoms with van der Waals surface area (Å²) in [7, 11) is 0. The largest absolute Gasteiger partial charge is 0.493 e. The molecule has 10 aliphatic heterocycles. The van der Waals surface area contributed by atoms with Crippen LogP contribution in [0.4, 0.5) is 0 Å². The van der Waals surface area contributed by atoms with Crippen molar-refractivity contribution in [2.75, 3.05) is 19.8 Å². The van der Waals surface area contributed by atoms with Crippen LogP contribution in [0.5, 0.6) is 34.5 Å². The van der Waals surface area contributed by atoms with Crippen molar-refractivity contribution in [2.45, 2.75) is 332 Å². The number of fused-ring (bicyclic) bond motifs is 8. The van der Waals surface area contributed by atoms with Crippen molar-refractivity contribution in [3.63, 3.8) is 0 Å². The third-order valence-corrected chi connectivity index (χ3v) is 32.5. The number of ether oxygens (including phenoxy) is 6. The number of nitrogens with zero attached hydrogens (tertiary/aromatic N) is 8. The Morgan fingerprint density at radius 3 is 1.12 bits per heavy atom. The lowest BCUT2D eigenvalue weighted by Crippen LogP contribution is -2.55. The van der Waals surface area contributed by atoms with Crippen molar-refractivity contribution in [1.82, 2.24) is 40.9 Å². The van der Waals surface area contributed by atoms with Gasteiger partial charge in [0.05, 0.1) is 133 Å². The molecule has 0 fully saturated rings. The quantitative estimate of drug-likeness (QED) is 0.0359. The number of carbonyl (C=O) groups is 8. The number of hydrogen-bond acceptors (Lipinski definition) is 24. The number of aliphatic imine (C=N–C) groups is 4. The predicted molar refractivity (Wildman–Crippen MR) is 566 cm³/mol. The Balaban J connectivity index is 0.000000135. The summed E-state index contributed by atoms with van der Waals surface area (Å²) in [5.74, 6) is 4.03. The normalized spacial score (nSPS) is 26.1. The van der Waals surface area contributed by atoms with Gasteiger partial charge in [-0.05, 0) is 214 Å². The minimum Gasteiger partial charge on any atom is -0.493 e. The van der Waals surface area contributed by atoms with Gasteiger partial charge in [0, 0.05) is 107 Å². The summed E-state index contributed by atoms with van der Waals surface area (Å²) >= 11 is 0. The van der Waals surface area contributed by atoms with Gasteiger partial charge in [0.2, 0.25) is 23.6 Å². The molecule has 12 atom stereocenters. The lowest BCUT2D eigenvalue weighted by atomic mass is 9.82. The summed E-state index contributed by atoms with van der Waals surface area (Å²) < 4.78 is 36.0. The maximum Gasteiger partial charge on any atom is 0.251 e. The van der Waals surface area contributed by atoms with E-state index in [1.165, 1.54) is 0 Å². The van der Waals surface area contributed by atoms with Gasteiger partial charge in [-0.2, -0.15) is 0 Å². The molecule has 8 aromatic carbocycles. The molecule has 12 aliphatic rings. The first-order chi connectivity index (χ1) is 70.3. The molecule has 0 saturated carbocycles. The molecule has 32 heteroatoms. The lowest BCUT2D eigenvalue weighted by Gasteiger charge is -2.45. The number of carbonyl (C=O) groups excluding carboxylic acids is 8. The van der Waals surface area contributed by atoms with E-state index in [-0.39, 0.29) is 120 Å². The van der Waals surface area contributed by atoms with Crippen LogP contribution in [0.3, 0.4) is 0 Å². The molecule has 32 nitrogen and oxygen atoms in total. The summed E-state index contributed by atoms with van der Waals surface area (Å²) in [5.41, 5.74) is 32.4. The van der Waals surface area contributed by atoms with Crippen LogP contribution in [0.2, 0.25) is 0 Å². The van der Waals surface area contributed by atoms with Gasteiger partial charge in [0.25, 0.3) is 23.6 Å². The molecule has 784 valence electrons. The highest BCUT2D eigenvalue weighted by Crippen LogP contribution is 2.51. The molecule has 8 aromatic rings. The van der Waals surface area contributed by atoms with Crippen LogP contribution in [0.15, 0.2) is 184 Å². The van der Waals surface area contributed by atoms with Gasteiger partial charge in [0.15, 0.2) is 23.8 Å². The molecule has 14 N–H and O–H groups in total. The van der Waals surface area contributed by atoms with E-state index in [1.807, 2.05) is 207 Å². The van der Waals surface area contributed by atoms with E-state index < -0.39 is 62.7 Å². The molecule has 2 unspecified atom stereocenters. The highest BCUT2D eigenvalue weighted by atomic mass is 16.5. The fourth-order valence-electron chi connectivity index (χ4n) is 23.4. The molecule has 0 aromatic heterocycles. The Kier molecular flexibility index (Phi) is 29.5. The molecular weight excluding hydrogens is 1870 g/mol. The number of guanidine groups is 4. The fourth-order valence-corrected chi connectivity index (χ4v) is 23.4. The maximum atomic E-state index is 13.6. The molecular formula is C116H144N16O16. The molecule has 148 heavy (non-hydrogen) atoms. The van der Waals surface area contributed by atoms with Gasteiger partial charge in [-0.3, -0.25) is 58.0 Å². The van der Waals surface area contributed by atoms with Crippen molar-refractivity contribution >= 4 is 71.1 Å².